The van der Waals surface area contributed by atoms with E-state index in [-0.39, 0.29) is 5.82 Å². The average molecular weight is 265 g/mol. The van der Waals surface area contributed by atoms with Gasteiger partial charge in [-0.2, -0.15) is 11.3 Å². The maximum absolute atomic E-state index is 12.8. The molecule has 96 valence electrons. The summed E-state index contributed by atoms with van der Waals surface area (Å²) in [6.45, 7) is 2.87. The molecule has 0 saturated carbocycles. The van der Waals surface area contributed by atoms with Gasteiger partial charge in [0.2, 0.25) is 0 Å². The van der Waals surface area contributed by atoms with Crippen molar-refractivity contribution < 1.29 is 9.50 Å². The van der Waals surface area contributed by atoms with Crippen LogP contribution >= 0.6 is 11.3 Å². The molecule has 1 atom stereocenters. The van der Waals surface area contributed by atoms with Gasteiger partial charge >= 0.3 is 0 Å². The third-order valence-electron chi connectivity index (χ3n) is 2.84. The minimum Gasteiger partial charge on any atom is -0.384 e. The highest BCUT2D eigenvalue weighted by atomic mass is 32.1. The van der Waals surface area contributed by atoms with Crippen molar-refractivity contribution in [2.75, 3.05) is 6.54 Å². The summed E-state index contributed by atoms with van der Waals surface area (Å²) in [5.74, 6) is -0.291. The highest BCUT2D eigenvalue weighted by Gasteiger charge is 2.22. The van der Waals surface area contributed by atoms with Gasteiger partial charge in [-0.1, -0.05) is 12.1 Å². The summed E-state index contributed by atoms with van der Waals surface area (Å²) in [6.07, 6.45) is 0. The zero-order valence-electron chi connectivity index (χ0n) is 10.2. The number of aliphatic hydroxyl groups is 1. The summed E-state index contributed by atoms with van der Waals surface area (Å²) in [7, 11) is 0. The molecule has 4 heteroatoms. The molecule has 1 unspecified atom stereocenters. The molecule has 2 rings (SSSR count). The molecular formula is C14H16FNOS. The fraction of sp³-hybridized carbons (Fsp3) is 0.286. The Morgan fingerprint density at radius 1 is 1.28 bits per heavy atom. The first-order chi connectivity index (χ1) is 8.58. The minimum absolute atomic E-state index is 0.291. The smallest absolute Gasteiger partial charge is 0.123 e. The first-order valence-electron chi connectivity index (χ1n) is 5.78. The maximum Gasteiger partial charge on any atom is 0.123 e. The Kier molecular flexibility index (Phi) is 4.11. The summed E-state index contributed by atoms with van der Waals surface area (Å²) in [6, 6.07) is 8.00. The highest BCUT2D eigenvalue weighted by Crippen LogP contribution is 2.20. The maximum atomic E-state index is 12.8. The third-order valence-corrected chi connectivity index (χ3v) is 3.58. The number of benzene rings is 1. The monoisotopic (exact) mass is 265 g/mol. The average Bonchev–Trinajstić information content (AvgIpc) is 2.82. The number of hydrogen-bond donors (Lipinski definition) is 2. The normalized spacial score (nSPS) is 14.4. The number of hydrogen-bond acceptors (Lipinski definition) is 3. The van der Waals surface area contributed by atoms with Crippen LogP contribution in [0.15, 0.2) is 41.1 Å². The Labute approximate surface area is 110 Å². The molecule has 1 heterocycles. The molecule has 1 aromatic heterocycles. The number of rotatable bonds is 5. The quantitative estimate of drug-likeness (QED) is 0.871. The number of thiophene rings is 1. The Morgan fingerprint density at radius 2 is 2.00 bits per heavy atom. The van der Waals surface area contributed by atoms with E-state index in [2.05, 4.69) is 10.7 Å². The van der Waals surface area contributed by atoms with Gasteiger partial charge in [0.05, 0.1) is 5.60 Å². The van der Waals surface area contributed by atoms with Gasteiger partial charge in [0.15, 0.2) is 0 Å². The number of nitrogens with one attached hydrogen (secondary N) is 1. The van der Waals surface area contributed by atoms with Crippen molar-refractivity contribution in [2.45, 2.75) is 19.1 Å². The molecule has 0 fully saturated rings. The second kappa shape index (κ2) is 5.61. The van der Waals surface area contributed by atoms with Crippen LogP contribution in [-0.4, -0.2) is 11.7 Å². The lowest BCUT2D eigenvalue weighted by atomic mass is 9.96. The second-order valence-corrected chi connectivity index (χ2v) is 5.30. The van der Waals surface area contributed by atoms with Crippen molar-refractivity contribution in [2.24, 2.45) is 0 Å². The van der Waals surface area contributed by atoms with Crippen LogP contribution in [0.3, 0.4) is 0 Å². The van der Waals surface area contributed by atoms with Gasteiger partial charge in [-0.15, -0.1) is 0 Å². The summed E-state index contributed by atoms with van der Waals surface area (Å²) in [5, 5.41) is 17.6. The number of halogens is 1. The van der Waals surface area contributed by atoms with Crippen molar-refractivity contribution in [3.63, 3.8) is 0 Å². The van der Waals surface area contributed by atoms with E-state index in [1.54, 1.807) is 30.4 Å². The molecule has 0 aliphatic carbocycles. The van der Waals surface area contributed by atoms with Crippen LogP contribution in [0.25, 0.3) is 0 Å². The van der Waals surface area contributed by atoms with E-state index in [9.17, 15) is 9.50 Å². The molecule has 18 heavy (non-hydrogen) atoms. The van der Waals surface area contributed by atoms with E-state index in [0.717, 1.165) is 6.54 Å². The fourth-order valence-corrected chi connectivity index (χ4v) is 2.42. The van der Waals surface area contributed by atoms with E-state index in [1.807, 2.05) is 11.4 Å². The van der Waals surface area contributed by atoms with Crippen LogP contribution in [0.4, 0.5) is 4.39 Å². The molecule has 2 nitrogen and oxygen atoms in total. The van der Waals surface area contributed by atoms with Crippen molar-refractivity contribution in [1.29, 1.82) is 0 Å². The lowest BCUT2D eigenvalue weighted by Crippen LogP contribution is -2.35. The summed E-state index contributed by atoms with van der Waals surface area (Å²) in [4.78, 5) is 0. The van der Waals surface area contributed by atoms with Gasteiger partial charge in [-0.3, -0.25) is 0 Å². The molecule has 1 aromatic carbocycles. The Morgan fingerprint density at radius 3 is 2.61 bits per heavy atom. The van der Waals surface area contributed by atoms with Gasteiger partial charge in [0.25, 0.3) is 0 Å². The predicted molar refractivity (Wildman–Crippen MR) is 72.0 cm³/mol. The van der Waals surface area contributed by atoms with Crippen LogP contribution in [0.1, 0.15) is 18.1 Å². The topological polar surface area (TPSA) is 32.3 Å². The van der Waals surface area contributed by atoms with E-state index in [1.165, 1.54) is 17.7 Å². The van der Waals surface area contributed by atoms with Crippen molar-refractivity contribution in [1.82, 2.24) is 5.32 Å². The zero-order valence-corrected chi connectivity index (χ0v) is 11.0. The van der Waals surface area contributed by atoms with Crippen molar-refractivity contribution in [3.05, 3.63) is 58.0 Å². The summed E-state index contributed by atoms with van der Waals surface area (Å²) >= 11 is 1.65. The van der Waals surface area contributed by atoms with Crippen LogP contribution in [0.2, 0.25) is 0 Å². The van der Waals surface area contributed by atoms with E-state index in [4.69, 9.17) is 0 Å². The van der Waals surface area contributed by atoms with Crippen molar-refractivity contribution >= 4 is 11.3 Å². The molecule has 0 amide bonds. The second-order valence-electron chi connectivity index (χ2n) is 4.52. The van der Waals surface area contributed by atoms with Gasteiger partial charge < -0.3 is 10.4 Å². The summed E-state index contributed by atoms with van der Waals surface area (Å²) < 4.78 is 12.8. The Balaban J connectivity index is 1.92. The standard InChI is InChI=1S/C14H16FNOS/c1-14(17,12-2-4-13(15)5-3-12)10-16-8-11-6-7-18-9-11/h2-7,9,16-17H,8,10H2,1H3. The van der Waals surface area contributed by atoms with E-state index in [0.29, 0.717) is 12.1 Å². The van der Waals surface area contributed by atoms with E-state index >= 15 is 0 Å². The first-order valence-corrected chi connectivity index (χ1v) is 6.72. The molecule has 2 aromatic rings. The van der Waals surface area contributed by atoms with E-state index < -0.39 is 5.60 Å². The van der Waals surface area contributed by atoms with Gasteiger partial charge in [-0.05, 0) is 47.0 Å². The Hall–Kier alpha value is -1.23. The highest BCUT2D eigenvalue weighted by molar-refractivity contribution is 7.07. The molecule has 0 spiro atoms. The van der Waals surface area contributed by atoms with Gasteiger partial charge in [-0.25, -0.2) is 4.39 Å². The lowest BCUT2D eigenvalue weighted by molar-refractivity contribution is 0.0566. The predicted octanol–water partition coefficient (Wildman–Crippen LogP) is 2.88. The third kappa shape index (κ3) is 3.38. The van der Waals surface area contributed by atoms with Crippen LogP contribution < -0.4 is 5.32 Å². The lowest BCUT2D eigenvalue weighted by Gasteiger charge is -2.24. The van der Waals surface area contributed by atoms with Crippen LogP contribution in [0.5, 0.6) is 0 Å². The largest absolute Gasteiger partial charge is 0.384 e. The molecule has 0 bridgehead atoms. The first kappa shape index (κ1) is 13.2. The van der Waals surface area contributed by atoms with Gasteiger partial charge in [0.1, 0.15) is 5.82 Å². The molecule has 0 saturated heterocycles. The summed E-state index contributed by atoms with van der Waals surface area (Å²) in [5.41, 5.74) is 0.917. The minimum atomic E-state index is -0.996. The fourth-order valence-electron chi connectivity index (χ4n) is 1.75. The molecular weight excluding hydrogens is 249 g/mol. The molecule has 2 N–H and O–H groups in total. The van der Waals surface area contributed by atoms with Gasteiger partial charge in [0, 0.05) is 13.1 Å². The zero-order chi connectivity index (χ0) is 13.0. The molecule has 0 aliphatic rings. The molecule has 0 radical (unpaired) electrons. The van der Waals surface area contributed by atoms with Crippen molar-refractivity contribution in [3.8, 4) is 0 Å². The van der Waals surface area contributed by atoms with Crippen LogP contribution in [-0.2, 0) is 12.1 Å². The van der Waals surface area contributed by atoms with Crippen LogP contribution in [0, 0.1) is 5.82 Å². The molecule has 0 aliphatic heterocycles. The SMILES string of the molecule is CC(O)(CNCc1ccsc1)c1ccc(F)cc1. The Bertz CT molecular complexity index is 479.